The standard InChI is InChI=1S/C16H12Cl2N2O2S3/c1-20-15(22)12-7-3-2-4-10(7)24-14(12)19-16(20)23-6-9(21)8-5-11(17)25-13(8)18/h5H,2-4,6H2,1H3. The Labute approximate surface area is 165 Å². The van der Waals surface area contributed by atoms with Crippen molar-refractivity contribution in [1.29, 1.82) is 0 Å². The van der Waals surface area contributed by atoms with Gasteiger partial charge < -0.3 is 0 Å². The summed E-state index contributed by atoms with van der Waals surface area (Å²) in [5.74, 6) is 0.0325. The van der Waals surface area contributed by atoms with Crippen LogP contribution in [0.3, 0.4) is 0 Å². The highest BCUT2D eigenvalue weighted by molar-refractivity contribution is 7.99. The fourth-order valence-electron chi connectivity index (χ4n) is 2.97. The third kappa shape index (κ3) is 3.06. The first kappa shape index (κ1) is 17.5. The van der Waals surface area contributed by atoms with Gasteiger partial charge in [0.15, 0.2) is 10.9 Å². The number of rotatable bonds is 4. The third-order valence-electron chi connectivity index (χ3n) is 4.19. The molecular formula is C16H12Cl2N2O2S3. The first-order valence-corrected chi connectivity index (χ1v) is 10.9. The SMILES string of the molecule is Cn1c(SCC(=O)c2cc(Cl)sc2Cl)nc2sc3c(c2c1=O)CCC3. The molecule has 0 amide bonds. The van der Waals surface area contributed by atoms with E-state index in [-0.39, 0.29) is 17.1 Å². The fraction of sp³-hybridized carbons (Fsp3) is 0.312. The van der Waals surface area contributed by atoms with Gasteiger partial charge in [-0.25, -0.2) is 4.98 Å². The molecule has 0 unspecified atom stereocenters. The molecule has 25 heavy (non-hydrogen) atoms. The van der Waals surface area contributed by atoms with Gasteiger partial charge in [-0.1, -0.05) is 35.0 Å². The summed E-state index contributed by atoms with van der Waals surface area (Å²) in [5, 5.41) is 1.30. The van der Waals surface area contributed by atoms with E-state index in [0.717, 1.165) is 29.5 Å². The number of aromatic nitrogens is 2. The summed E-state index contributed by atoms with van der Waals surface area (Å²) in [6.07, 6.45) is 3.09. The Kier molecular flexibility index (Phi) is 4.70. The van der Waals surface area contributed by atoms with Crippen LogP contribution in [0.2, 0.25) is 8.67 Å². The van der Waals surface area contributed by atoms with Crippen molar-refractivity contribution in [3.05, 3.63) is 41.1 Å². The Morgan fingerprint density at radius 1 is 1.36 bits per heavy atom. The minimum absolute atomic E-state index is 0.0315. The summed E-state index contributed by atoms with van der Waals surface area (Å²) in [4.78, 5) is 31.8. The summed E-state index contributed by atoms with van der Waals surface area (Å²) in [5.41, 5.74) is 1.56. The van der Waals surface area contributed by atoms with Crippen LogP contribution in [-0.2, 0) is 19.9 Å². The minimum atomic E-state index is -0.124. The molecule has 0 fully saturated rings. The summed E-state index contributed by atoms with van der Waals surface area (Å²) < 4.78 is 2.41. The molecule has 1 aliphatic carbocycles. The zero-order valence-electron chi connectivity index (χ0n) is 13.1. The molecule has 3 heterocycles. The van der Waals surface area contributed by atoms with E-state index in [0.29, 0.717) is 19.4 Å². The smallest absolute Gasteiger partial charge is 0.262 e. The maximum atomic E-state index is 12.7. The van der Waals surface area contributed by atoms with Crippen molar-refractivity contribution in [1.82, 2.24) is 9.55 Å². The first-order valence-electron chi connectivity index (χ1n) is 7.58. The lowest BCUT2D eigenvalue weighted by Crippen LogP contribution is -2.20. The molecule has 4 nitrogen and oxygen atoms in total. The Hall–Kier alpha value is -0.860. The number of carbonyl (C=O) groups excluding carboxylic acids is 1. The second kappa shape index (κ2) is 6.70. The van der Waals surface area contributed by atoms with Crippen LogP contribution in [0.5, 0.6) is 0 Å². The van der Waals surface area contributed by atoms with Crippen molar-refractivity contribution in [3.63, 3.8) is 0 Å². The summed E-state index contributed by atoms with van der Waals surface area (Å²) in [6, 6.07) is 1.58. The van der Waals surface area contributed by atoms with E-state index in [4.69, 9.17) is 23.2 Å². The lowest BCUT2D eigenvalue weighted by atomic mass is 10.2. The van der Waals surface area contributed by atoms with Crippen LogP contribution in [0.15, 0.2) is 16.0 Å². The van der Waals surface area contributed by atoms with Gasteiger partial charge in [0.1, 0.15) is 9.17 Å². The normalized spacial score (nSPS) is 13.6. The molecule has 130 valence electrons. The number of thioether (sulfide) groups is 1. The molecule has 0 spiro atoms. The number of ketones is 1. The monoisotopic (exact) mass is 430 g/mol. The van der Waals surface area contributed by atoms with Crippen LogP contribution in [0.4, 0.5) is 0 Å². The van der Waals surface area contributed by atoms with Gasteiger partial charge in [-0.2, -0.15) is 0 Å². The average molecular weight is 431 g/mol. The van der Waals surface area contributed by atoms with Crippen molar-refractivity contribution >= 4 is 73.6 Å². The first-order chi connectivity index (χ1) is 12.0. The van der Waals surface area contributed by atoms with Crippen LogP contribution < -0.4 is 5.56 Å². The van der Waals surface area contributed by atoms with Crippen LogP contribution >= 0.6 is 57.6 Å². The molecular weight excluding hydrogens is 419 g/mol. The van der Waals surface area contributed by atoms with Gasteiger partial charge in [0.05, 0.1) is 15.5 Å². The lowest BCUT2D eigenvalue weighted by Gasteiger charge is -2.07. The lowest BCUT2D eigenvalue weighted by molar-refractivity contribution is 0.102. The Bertz CT molecular complexity index is 1070. The van der Waals surface area contributed by atoms with E-state index < -0.39 is 0 Å². The molecule has 0 atom stereocenters. The zero-order chi connectivity index (χ0) is 17.7. The van der Waals surface area contributed by atoms with Crippen LogP contribution in [-0.4, -0.2) is 21.1 Å². The predicted octanol–water partition coefficient (Wildman–Crippen LogP) is 4.83. The van der Waals surface area contributed by atoms with Gasteiger partial charge in [0.2, 0.25) is 0 Å². The molecule has 0 saturated heterocycles. The van der Waals surface area contributed by atoms with Crippen LogP contribution in [0.1, 0.15) is 27.2 Å². The number of hydrogen-bond acceptors (Lipinski definition) is 6. The van der Waals surface area contributed by atoms with E-state index in [9.17, 15) is 9.59 Å². The van der Waals surface area contributed by atoms with E-state index in [2.05, 4.69) is 4.98 Å². The van der Waals surface area contributed by atoms with Crippen molar-refractivity contribution < 1.29 is 4.79 Å². The molecule has 0 aliphatic heterocycles. The van der Waals surface area contributed by atoms with E-state index in [1.54, 1.807) is 24.5 Å². The molecule has 9 heteroatoms. The highest BCUT2D eigenvalue weighted by Crippen LogP contribution is 2.36. The van der Waals surface area contributed by atoms with E-state index in [1.165, 1.54) is 38.1 Å². The summed E-state index contributed by atoms with van der Waals surface area (Å²) >= 11 is 15.9. The molecule has 1 aliphatic rings. The molecule has 0 aromatic carbocycles. The van der Waals surface area contributed by atoms with Gasteiger partial charge in [0.25, 0.3) is 5.56 Å². The largest absolute Gasteiger partial charge is 0.293 e. The number of Topliss-reactive ketones (excluding diaryl/α,β-unsaturated/α-hetero) is 1. The van der Waals surface area contributed by atoms with E-state index >= 15 is 0 Å². The highest BCUT2D eigenvalue weighted by atomic mass is 35.5. The van der Waals surface area contributed by atoms with E-state index in [1.807, 2.05) is 0 Å². The molecule has 3 aromatic heterocycles. The van der Waals surface area contributed by atoms with Crippen LogP contribution in [0, 0.1) is 0 Å². The second-order valence-electron chi connectivity index (χ2n) is 5.75. The maximum absolute atomic E-state index is 12.7. The fourth-order valence-corrected chi connectivity index (χ4v) is 6.63. The third-order valence-corrected chi connectivity index (χ3v) is 7.90. The molecule has 0 N–H and O–H groups in total. The number of aryl methyl sites for hydroxylation is 2. The summed E-state index contributed by atoms with van der Waals surface area (Å²) in [7, 11) is 1.70. The molecule has 4 rings (SSSR count). The molecule has 0 radical (unpaired) electrons. The van der Waals surface area contributed by atoms with Gasteiger partial charge in [-0.05, 0) is 30.9 Å². The van der Waals surface area contributed by atoms with Crippen molar-refractivity contribution in [2.24, 2.45) is 7.05 Å². The van der Waals surface area contributed by atoms with Crippen LogP contribution in [0.25, 0.3) is 10.2 Å². The molecule has 0 bridgehead atoms. The number of carbonyl (C=O) groups is 1. The minimum Gasteiger partial charge on any atom is -0.293 e. The number of hydrogen-bond donors (Lipinski definition) is 0. The number of thiophene rings is 2. The second-order valence-corrected chi connectivity index (χ2v) is 10.1. The maximum Gasteiger partial charge on any atom is 0.262 e. The van der Waals surface area contributed by atoms with Crippen molar-refractivity contribution in [2.75, 3.05) is 5.75 Å². The molecule has 3 aromatic rings. The number of nitrogens with zero attached hydrogens (tertiary/aromatic N) is 2. The highest BCUT2D eigenvalue weighted by Gasteiger charge is 2.23. The number of fused-ring (bicyclic) bond motifs is 3. The zero-order valence-corrected chi connectivity index (χ0v) is 17.1. The number of halogens is 2. The Balaban J connectivity index is 1.64. The van der Waals surface area contributed by atoms with Crippen molar-refractivity contribution in [3.8, 4) is 0 Å². The van der Waals surface area contributed by atoms with Gasteiger partial charge in [0, 0.05) is 17.5 Å². The van der Waals surface area contributed by atoms with Crippen molar-refractivity contribution in [2.45, 2.75) is 24.4 Å². The van der Waals surface area contributed by atoms with Gasteiger partial charge in [-0.15, -0.1) is 22.7 Å². The quantitative estimate of drug-likeness (QED) is 0.338. The summed E-state index contributed by atoms with van der Waals surface area (Å²) in [6.45, 7) is 0. The van der Waals surface area contributed by atoms with Gasteiger partial charge >= 0.3 is 0 Å². The Morgan fingerprint density at radius 3 is 2.88 bits per heavy atom. The predicted molar refractivity (Wildman–Crippen MR) is 106 cm³/mol. The molecule has 0 saturated carbocycles. The average Bonchev–Trinajstić information content (AvgIpc) is 3.23. The van der Waals surface area contributed by atoms with Gasteiger partial charge in [-0.3, -0.25) is 14.2 Å². The Morgan fingerprint density at radius 2 is 2.16 bits per heavy atom. The topological polar surface area (TPSA) is 52.0 Å².